The molecule has 0 unspecified atom stereocenters. The van der Waals surface area contributed by atoms with Crippen molar-refractivity contribution in [3.8, 4) is 0 Å². The van der Waals surface area contributed by atoms with E-state index in [0.29, 0.717) is 12.8 Å². The van der Waals surface area contributed by atoms with Crippen molar-refractivity contribution in [2.45, 2.75) is 37.9 Å². The normalized spacial score (nSPS) is 23.2. The molecule has 0 aliphatic heterocycles. The largest absolute Gasteiger partial charge is 0.391 e. The van der Waals surface area contributed by atoms with Crippen LogP contribution in [-0.4, -0.2) is 17.2 Å². The van der Waals surface area contributed by atoms with E-state index < -0.39 is 12.1 Å². The summed E-state index contributed by atoms with van der Waals surface area (Å²) in [6, 6.07) is 7.93. The Bertz CT molecular complexity index is 611. The Kier molecular flexibility index (Phi) is 3.74. The summed E-state index contributed by atoms with van der Waals surface area (Å²) in [4.78, 5) is 4.08. The molecular weight excluding hydrogens is 277 g/mol. The summed E-state index contributed by atoms with van der Waals surface area (Å²) < 4.78 is 38.0. The Balaban J connectivity index is 1.70. The molecule has 5 heteroatoms. The molecule has 2 aromatic rings. The van der Waals surface area contributed by atoms with Crippen LogP contribution in [0.3, 0.4) is 0 Å². The van der Waals surface area contributed by atoms with E-state index >= 15 is 0 Å². The fraction of sp³-hybridized carbons (Fsp3) is 0.438. The van der Waals surface area contributed by atoms with Crippen LogP contribution in [0.15, 0.2) is 36.7 Å². The monoisotopic (exact) mass is 294 g/mol. The summed E-state index contributed by atoms with van der Waals surface area (Å²) in [6.07, 6.45) is 1.03. The van der Waals surface area contributed by atoms with Crippen molar-refractivity contribution < 1.29 is 13.2 Å². The SMILES string of the molecule is FC(F)(F)C1CCC(Nc2cccc3cnccc23)CC1. The fourth-order valence-corrected chi connectivity index (χ4v) is 3.03. The zero-order chi connectivity index (χ0) is 14.9. The number of nitrogens with zero attached hydrogens (tertiary/aromatic N) is 1. The number of anilines is 1. The lowest BCUT2D eigenvalue weighted by molar-refractivity contribution is -0.182. The van der Waals surface area contributed by atoms with Crippen molar-refractivity contribution in [3.63, 3.8) is 0 Å². The predicted molar refractivity (Wildman–Crippen MR) is 77.2 cm³/mol. The average Bonchev–Trinajstić information content (AvgIpc) is 2.47. The van der Waals surface area contributed by atoms with Gasteiger partial charge in [-0.1, -0.05) is 12.1 Å². The van der Waals surface area contributed by atoms with Gasteiger partial charge in [0.1, 0.15) is 0 Å². The minimum atomic E-state index is -4.05. The van der Waals surface area contributed by atoms with Crippen LogP contribution in [0.2, 0.25) is 0 Å². The number of aromatic nitrogens is 1. The summed E-state index contributed by atoms with van der Waals surface area (Å²) in [6.45, 7) is 0. The van der Waals surface area contributed by atoms with Crippen LogP contribution in [0.5, 0.6) is 0 Å². The highest BCUT2D eigenvalue weighted by atomic mass is 19.4. The van der Waals surface area contributed by atoms with Crippen LogP contribution < -0.4 is 5.32 Å². The molecule has 1 fully saturated rings. The first-order valence-electron chi connectivity index (χ1n) is 7.20. The fourth-order valence-electron chi connectivity index (χ4n) is 3.03. The van der Waals surface area contributed by atoms with E-state index in [4.69, 9.17) is 0 Å². The topological polar surface area (TPSA) is 24.9 Å². The van der Waals surface area contributed by atoms with Gasteiger partial charge in [0.2, 0.25) is 0 Å². The first-order chi connectivity index (χ1) is 10.0. The third-order valence-corrected chi connectivity index (χ3v) is 4.23. The number of nitrogens with one attached hydrogen (secondary N) is 1. The van der Waals surface area contributed by atoms with Gasteiger partial charge in [0.05, 0.1) is 5.92 Å². The van der Waals surface area contributed by atoms with Gasteiger partial charge >= 0.3 is 6.18 Å². The maximum atomic E-state index is 12.7. The maximum absolute atomic E-state index is 12.7. The lowest BCUT2D eigenvalue weighted by Crippen LogP contribution is -2.32. The molecule has 0 radical (unpaired) electrons. The summed E-state index contributed by atoms with van der Waals surface area (Å²) in [7, 11) is 0. The Morgan fingerprint density at radius 1 is 1.05 bits per heavy atom. The molecule has 0 amide bonds. The number of halogens is 3. The van der Waals surface area contributed by atoms with Gasteiger partial charge in [0, 0.05) is 34.9 Å². The van der Waals surface area contributed by atoms with Gasteiger partial charge < -0.3 is 5.32 Å². The minimum absolute atomic E-state index is 0.113. The van der Waals surface area contributed by atoms with Crippen LogP contribution in [0.25, 0.3) is 10.8 Å². The quantitative estimate of drug-likeness (QED) is 0.863. The lowest BCUT2D eigenvalue weighted by Gasteiger charge is -2.31. The molecular formula is C16H17F3N2. The van der Waals surface area contributed by atoms with Crippen LogP contribution in [-0.2, 0) is 0 Å². The zero-order valence-corrected chi connectivity index (χ0v) is 11.5. The van der Waals surface area contributed by atoms with Gasteiger partial charge in [-0.15, -0.1) is 0 Å². The first kappa shape index (κ1) is 14.2. The van der Waals surface area contributed by atoms with Crippen LogP contribution in [0, 0.1) is 5.92 Å². The maximum Gasteiger partial charge on any atom is 0.391 e. The summed E-state index contributed by atoms with van der Waals surface area (Å²) in [5.41, 5.74) is 0.977. The molecule has 1 aliphatic carbocycles. The highest BCUT2D eigenvalue weighted by Gasteiger charge is 2.41. The standard InChI is InChI=1S/C16H17F3N2/c17-16(18,19)12-4-6-13(7-5-12)21-15-3-1-2-11-10-20-9-8-14(11)15/h1-3,8-10,12-13,21H,4-7H2. The van der Waals surface area contributed by atoms with Crippen molar-refractivity contribution in [2.24, 2.45) is 5.92 Å². The molecule has 1 aromatic heterocycles. The highest BCUT2D eigenvalue weighted by molar-refractivity contribution is 5.93. The number of rotatable bonds is 2. The van der Waals surface area contributed by atoms with Crippen molar-refractivity contribution in [2.75, 3.05) is 5.32 Å². The molecule has 0 atom stereocenters. The van der Waals surface area contributed by atoms with Crippen LogP contribution in [0.4, 0.5) is 18.9 Å². The van der Waals surface area contributed by atoms with E-state index in [-0.39, 0.29) is 18.9 Å². The van der Waals surface area contributed by atoms with E-state index in [9.17, 15) is 13.2 Å². The van der Waals surface area contributed by atoms with E-state index in [1.165, 1.54) is 0 Å². The van der Waals surface area contributed by atoms with E-state index in [0.717, 1.165) is 16.5 Å². The summed E-state index contributed by atoms with van der Waals surface area (Å²) >= 11 is 0. The lowest BCUT2D eigenvalue weighted by atomic mass is 9.85. The molecule has 1 N–H and O–H groups in total. The molecule has 1 aliphatic rings. The van der Waals surface area contributed by atoms with Gasteiger partial charge in [0.25, 0.3) is 0 Å². The Morgan fingerprint density at radius 3 is 2.52 bits per heavy atom. The molecule has 1 saturated carbocycles. The van der Waals surface area contributed by atoms with Gasteiger partial charge in [0.15, 0.2) is 0 Å². The zero-order valence-electron chi connectivity index (χ0n) is 11.5. The summed E-state index contributed by atoms with van der Waals surface area (Å²) in [5.74, 6) is -1.13. The van der Waals surface area contributed by atoms with E-state index in [1.54, 1.807) is 12.4 Å². The third-order valence-electron chi connectivity index (χ3n) is 4.23. The molecule has 21 heavy (non-hydrogen) atoms. The average molecular weight is 294 g/mol. The molecule has 112 valence electrons. The van der Waals surface area contributed by atoms with Gasteiger partial charge in [-0.2, -0.15) is 13.2 Å². The first-order valence-corrected chi connectivity index (χ1v) is 7.20. The Labute approximate surface area is 121 Å². The van der Waals surface area contributed by atoms with Crippen LogP contribution in [0.1, 0.15) is 25.7 Å². The number of alkyl halides is 3. The smallest absolute Gasteiger partial charge is 0.382 e. The molecule has 0 saturated heterocycles. The molecule has 2 nitrogen and oxygen atoms in total. The second kappa shape index (κ2) is 5.54. The third kappa shape index (κ3) is 3.12. The van der Waals surface area contributed by atoms with Crippen molar-refractivity contribution in [3.05, 3.63) is 36.7 Å². The molecule has 0 spiro atoms. The van der Waals surface area contributed by atoms with Gasteiger partial charge in [-0.05, 0) is 37.8 Å². The van der Waals surface area contributed by atoms with Crippen molar-refractivity contribution >= 4 is 16.5 Å². The summed E-state index contributed by atoms with van der Waals surface area (Å²) in [5, 5.41) is 5.50. The Morgan fingerprint density at radius 2 is 1.81 bits per heavy atom. The van der Waals surface area contributed by atoms with Crippen molar-refractivity contribution in [1.82, 2.24) is 4.98 Å². The minimum Gasteiger partial charge on any atom is -0.382 e. The molecule has 1 heterocycles. The number of benzene rings is 1. The Hall–Kier alpha value is -1.78. The van der Waals surface area contributed by atoms with E-state index in [1.807, 2.05) is 24.3 Å². The second-order valence-electron chi connectivity index (χ2n) is 5.64. The van der Waals surface area contributed by atoms with Gasteiger partial charge in [-0.3, -0.25) is 4.98 Å². The predicted octanol–water partition coefficient (Wildman–Crippen LogP) is 4.77. The number of hydrogen-bond acceptors (Lipinski definition) is 2. The molecule has 3 rings (SSSR count). The van der Waals surface area contributed by atoms with E-state index in [2.05, 4.69) is 10.3 Å². The highest BCUT2D eigenvalue weighted by Crippen LogP contribution is 2.38. The number of pyridine rings is 1. The molecule has 0 bridgehead atoms. The number of hydrogen-bond donors (Lipinski definition) is 1. The number of fused-ring (bicyclic) bond motifs is 1. The van der Waals surface area contributed by atoms with Crippen molar-refractivity contribution in [1.29, 1.82) is 0 Å². The second-order valence-corrected chi connectivity index (χ2v) is 5.64. The van der Waals surface area contributed by atoms with Gasteiger partial charge in [-0.25, -0.2) is 0 Å². The van der Waals surface area contributed by atoms with Crippen LogP contribution >= 0.6 is 0 Å². The molecule has 1 aromatic carbocycles.